The summed E-state index contributed by atoms with van der Waals surface area (Å²) in [6, 6.07) is 1.67. The molecule has 0 saturated heterocycles. The molecule has 0 amide bonds. The van der Waals surface area contributed by atoms with Gasteiger partial charge in [-0.15, -0.1) is 0 Å². The van der Waals surface area contributed by atoms with Gasteiger partial charge in [0.15, 0.2) is 0 Å². The quantitative estimate of drug-likeness (QED) is 0.563. The molecule has 0 bridgehead atoms. The van der Waals surface area contributed by atoms with E-state index in [2.05, 4.69) is 0 Å². The van der Waals surface area contributed by atoms with Gasteiger partial charge in [-0.3, -0.25) is 0 Å². The number of hydrogen-bond donors (Lipinski definition) is 0. The molecule has 0 rings (SSSR count). The molecule has 8 heteroatoms. The Balaban J connectivity index is 4.46. The molecule has 0 aromatic heterocycles. The van der Waals surface area contributed by atoms with Crippen LogP contribution < -0.4 is 0 Å². The highest BCUT2D eigenvalue weighted by Gasteiger charge is 2.19. The van der Waals surface area contributed by atoms with Gasteiger partial charge in [-0.25, -0.2) is 16.8 Å². The maximum absolute atomic E-state index is 11.3. The van der Waals surface area contributed by atoms with Crippen LogP contribution in [-0.2, 0) is 19.9 Å². The Kier molecular flexibility index (Phi) is 4.51. The summed E-state index contributed by atoms with van der Waals surface area (Å²) in [5.74, 6) is -0.908. The number of sulfone groups is 1. The average Bonchev–Trinajstić information content (AvgIpc) is 2.00. The van der Waals surface area contributed by atoms with Gasteiger partial charge < -0.3 is 0 Å². The highest BCUT2D eigenvalue weighted by molar-refractivity contribution is 7.93. The first kappa shape index (κ1) is 13.4. The molecule has 0 saturated carbocycles. The van der Waals surface area contributed by atoms with Crippen molar-refractivity contribution in [2.75, 3.05) is 31.4 Å². The number of rotatable bonds is 5. The Morgan fingerprint density at radius 3 is 2.07 bits per heavy atom. The minimum Gasteiger partial charge on any atom is -0.229 e. The van der Waals surface area contributed by atoms with Crippen LogP contribution in [0, 0.1) is 11.3 Å². The predicted octanol–water partition coefficient (Wildman–Crippen LogP) is -1.18. The van der Waals surface area contributed by atoms with E-state index >= 15 is 0 Å². The molecule has 0 spiro atoms. The van der Waals surface area contributed by atoms with Crippen molar-refractivity contribution in [1.82, 2.24) is 4.31 Å². The van der Waals surface area contributed by atoms with Crippen molar-refractivity contribution < 1.29 is 16.8 Å². The Morgan fingerprint density at radius 1 is 1.21 bits per heavy atom. The molecule has 14 heavy (non-hydrogen) atoms. The number of nitriles is 1. The summed E-state index contributed by atoms with van der Waals surface area (Å²) in [7, 11) is -5.68. The van der Waals surface area contributed by atoms with Crippen molar-refractivity contribution in [3.8, 4) is 6.07 Å². The fraction of sp³-hybridized carbons (Fsp3) is 0.833. The molecule has 0 radical (unpaired) electrons. The second-order valence-corrected chi connectivity index (χ2v) is 7.32. The van der Waals surface area contributed by atoms with E-state index in [1.54, 1.807) is 6.07 Å². The summed E-state index contributed by atoms with van der Waals surface area (Å²) in [6.45, 7) is -0.272. The van der Waals surface area contributed by atoms with Crippen molar-refractivity contribution in [2.45, 2.75) is 0 Å². The molecule has 0 fully saturated rings. The van der Waals surface area contributed by atoms with E-state index in [4.69, 9.17) is 5.26 Å². The van der Waals surface area contributed by atoms with Crippen LogP contribution in [0.15, 0.2) is 0 Å². The molecule has 82 valence electrons. The maximum atomic E-state index is 11.3. The van der Waals surface area contributed by atoms with Gasteiger partial charge in [0, 0.05) is 13.3 Å². The van der Waals surface area contributed by atoms with Crippen molar-refractivity contribution in [3.63, 3.8) is 0 Å². The van der Waals surface area contributed by atoms with Gasteiger partial charge in [0.2, 0.25) is 10.0 Å². The number of nitrogens with zero attached hydrogens (tertiary/aromatic N) is 2. The third-order valence-corrected chi connectivity index (χ3v) is 4.48. The molecule has 0 aromatic rings. The van der Waals surface area contributed by atoms with Crippen molar-refractivity contribution in [2.24, 2.45) is 0 Å². The van der Waals surface area contributed by atoms with E-state index in [-0.39, 0.29) is 6.54 Å². The van der Waals surface area contributed by atoms with E-state index in [9.17, 15) is 16.8 Å². The lowest BCUT2D eigenvalue weighted by Gasteiger charge is -2.12. The summed E-state index contributed by atoms with van der Waals surface area (Å²) in [5, 5.41) is 8.25. The lowest BCUT2D eigenvalue weighted by atomic mass is 10.7. The first-order chi connectivity index (χ1) is 6.19. The Morgan fingerprint density at radius 2 is 1.71 bits per heavy atom. The lowest BCUT2D eigenvalue weighted by molar-refractivity contribution is 0.502. The van der Waals surface area contributed by atoms with Gasteiger partial charge in [0.05, 0.1) is 17.6 Å². The molecule has 0 aliphatic carbocycles. The number of sulfonamides is 1. The van der Waals surface area contributed by atoms with Crippen LogP contribution in [0.1, 0.15) is 0 Å². The SMILES string of the molecule is CN(CC#N)S(=O)(=O)CCS(C)(=O)=O. The number of hydrogen-bond acceptors (Lipinski definition) is 5. The van der Waals surface area contributed by atoms with E-state index < -0.39 is 31.4 Å². The normalized spacial score (nSPS) is 12.7. The smallest absolute Gasteiger partial charge is 0.215 e. The van der Waals surface area contributed by atoms with E-state index in [0.717, 1.165) is 10.6 Å². The van der Waals surface area contributed by atoms with Gasteiger partial charge in [-0.1, -0.05) is 0 Å². The summed E-state index contributed by atoms with van der Waals surface area (Å²) >= 11 is 0. The zero-order valence-electron chi connectivity index (χ0n) is 7.97. The van der Waals surface area contributed by atoms with Crippen LogP contribution in [0.25, 0.3) is 0 Å². The molecule has 0 atom stereocenters. The van der Waals surface area contributed by atoms with Gasteiger partial charge in [0.1, 0.15) is 16.4 Å². The summed E-state index contributed by atoms with van der Waals surface area (Å²) < 4.78 is 44.8. The Hall–Kier alpha value is -0.650. The summed E-state index contributed by atoms with van der Waals surface area (Å²) in [6.07, 6.45) is 0.965. The maximum Gasteiger partial charge on any atom is 0.215 e. The fourth-order valence-electron chi connectivity index (χ4n) is 0.610. The molecule has 0 unspecified atom stereocenters. The van der Waals surface area contributed by atoms with Crippen LogP contribution in [0.4, 0.5) is 0 Å². The van der Waals surface area contributed by atoms with Crippen LogP contribution in [0.5, 0.6) is 0 Å². The van der Waals surface area contributed by atoms with Gasteiger partial charge in [-0.05, 0) is 0 Å². The van der Waals surface area contributed by atoms with E-state index in [0.29, 0.717) is 0 Å². The first-order valence-electron chi connectivity index (χ1n) is 3.68. The third kappa shape index (κ3) is 5.16. The first-order valence-corrected chi connectivity index (χ1v) is 7.35. The zero-order valence-corrected chi connectivity index (χ0v) is 9.60. The van der Waals surface area contributed by atoms with Crippen molar-refractivity contribution in [3.05, 3.63) is 0 Å². The monoisotopic (exact) mass is 240 g/mol. The highest BCUT2D eigenvalue weighted by Crippen LogP contribution is 1.98. The average molecular weight is 240 g/mol. The zero-order chi connectivity index (χ0) is 11.4. The van der Waals surface area contributed by atoms with E-state index in [1.807, 2.05) is 0 Å². The van der Waals surface area contributed by atoms with Crippen LogP contribution in [-0.4, -0.2) is 52.5 Å². The van der Waals surface area contributed by atoms with Gasteiger partial charge in [0.25, 0.3) is 0 Å². The predicted molar refractivity (Wildman–Crippen MR) is 51.7 cm³/mol. The molecular weight excluding hydrogens is 228 g/mol. The largest absolute Gasteiger partial charge is 0.229 e. The lowest BCUT2D eigenvalue weighted by Crippen LogP contribution is -2.32. The van der Waals surface area contributed by atoms with Crippen molar-refractivity contribution >= 4 is 19.9 Å². The Bertz CT molecular complexity index is 417. The molecule has 0 aliphatic rings. The second kappa shape index (κ2) is 4.72. The third-order valence-electron chi connectivity index (χ3n) is 1.48. The van der Waals surface area contributed by atoms with Gasteiger partial charge >= 0.3 is 0 Å². The molecule has 0 aliphatic heterocycles. The molecule has 0 heterocycles. The minimum atomic E-state index is -3.62. The molecule has 0 N–H and O–H groups in total. The van der Waals surface area contributed by atoms with Crippen LogP contribution in [0.2, 0.25) is 0 Å². The Labute approximate surface area is 84.1 Å². The summed E-state index contributed by atoms with van der Waals surface area (Å²) in [5.41, 5.74) is 0. The second-order valence-electron chi connectivity index (χ2n) is 2.86. The van der Waals surface area contributed by atoms with Crippen LogP contribution >= 0.6 is 0 Å². The highest BCUT2D eigenvalue weighted by atomic mass is 32.2. The van der Waals surface area contributed by atoms with Crippen LogP contribution in [0.3, 0.4) is 0 Å². The molecule has 0 aromatic carbocycles. The minimum absolute atomic E-state index is 0.272. The summed E-state index contributed by atoms with van der Waals surface area (Å²) in [4.78, 5) is 0. The fourth-order valence-corrected chi connectivity index (χ4v) is 3.23. The van der Waals surface area contributed by atoms with Gasteiger partial charge in [-0.2, -0.15) is 9.57 Å². The molecular formula is C6H12N2O4S2. The molecule has 6 nitrogen and oxygen atoms in total. The topological polar surface area (TPSA) is 95.3 Å². The van der Waals surface area contributed by atoms with E-state index in [1.165, 1.54) is 7.05 Å². The standard InChI is InChI=1S/C6H12N2O4S2/c1-8(4-3-7)14(11,12)6-5-13(2,9)10/h4-6H2,1-2H3. The van der Waals surface area contributed by atoms with Crippen molar-refractivity contribution in [1.29, 1.82) is 5.26 Å².